The average Bonchev–Trinajstić information content (AvgIpc) is 2.35. The third-order valence-electron chi connectivity index (χ3n) is 3.91. The maximum atomic E-state index is 12.4. The molecule has 0 amide bonds. The molecule has 1 unspecified atom stereocenters. The van der Waals surface area contributed by atoms with Gasteiger partial charge in [-0.25, -0.2) is 0 Å². The van der Waals surface area contributed by atoms with Crippen LogP contribution in [-0.4, -0.2) is 18.0 Å². The zero-order chi connectivity index (χ0) is 13.2. The zero-order valence-corrected chi connectivity index (χ0v) is 11.6. The van der Waals surface area contributed by atoms with Gasteiger partial charge in [0.15, 0.2) is 5.78 Å². The molecule has 1 aromatic rings. The topological polar surface area (TPSA) is 26.3 Å². The number of Topliss-reactive ketones (excluding diaryl/α,β-unsaturated/α-hetero) is 1. The molecule has 2 nitrogen and oxygen atoms in total. The van der Waals surface area contributed by atoms with E-state index in [-0.39, 0.29) is 5.78 Å². The van der Waals surface area contributed by atoms with Crippen molar-refractivity contribution in [1.82, 2.24) is 0 Å². The molecule has 0 bridgehead atoms. The molecule has 0 radical (unpaired) electrons. The van der Waals surface area contributed by atoms with Gasteiger partial charge in [0, 0.05) is 13.0 Å². The van der Waals surface area contributed by atoms with Crippen LogP contribution in [0.25, 0.3) is 0 Å². The minimum Gasteiger partial charge on any atom is -0.367 e. The van der Waals surface area contributed by atoms with Crippen LogP contribution in [0.2, 0.25) is 0 Å². The number of benzene rings is 1. The molecule has 2 heteroatoms. The van der Waals surface area contributed by atoms with Gasteiger partial charge >= 0.3 is 0 Å². The maximum absolute atomic E-state index is 12.4. The standard InChI is InChI=1S/C16H22O2/c1-12-6-7-13(2)14(10-12)11-15(17)16(3)8-4-5-9-18-16/h6-7,10H,4-5,8-9,11H2,1-3H3. The number of hydrogen-bond donors (Lipinski definition) is 0. The molecule has 0 saturated carbocycles. The Labute approximate surface area is 109 Å². The Morgan fingerprint density at radius 1 is 1.33 bits per heavy atom. The van der Waals surface area contributed by atoms with Crippen molar-refractivity contribution in [3.63, 3.8) is 0 Å². The number of ketones is 1. The lowest BCUT2D eigenvalue weighted by molar-refractivity contribution is -0.147. The Kier molecular flexibility index (Phi) is 3.86. The number of carbonyl (C=O) groups is 1. The van der Waals surface area contributed by atoms with Gasteiger partial charge in [-0.1, -0.05) is 23.8 Å². The Hall–Kier alpha value is -1.15. The van der Waals surface area contributed by atoms with Crippen LogP contribution in [-0.2, 0) is 16.0 Å². The maximum Gasteiger partial charge on any atom is 0.168 e. The van der Waals surface area contributed by atoms with Gasteiger partial charge in [0.25, 0.3) is 0 Å². The highest BCUT2D eigenvalue weighted by Crippen LogP contribution is 2.27. The molecular formula is C16H22O2. The highest BCUT2D eigenvalue weighted by atomic mass is 16.5. The van der Waals surface area contributed by atoms with Crippen molar-refractivity contribution in [1.29, 1.82) is 0 Å². The van der Waals surface area contributed by atoms with Gasteiger partial charge < -0.3 is 4.74 Å². The minimum absolute atomic E-state index is 0.218. The largest absolute Gasteiger partial charge is 0.367 e. The van der Waals surface area contributed by atoms with Gasteiger partial charge in [-0.15, -0.1) is 0 Å². The van der Waals surface area contributed by atoms with Crippen molar-refractivity contribution in [2.75, 3.05) is 6.61 Å². The summed E-state index contributed by atoms with van der Waals surface area (Å²) in [6.45, 7) is 6.78. The predicted molar refractivity (Wildman–Crippen MR) is 72.8 cm³/mol. The molecule has 2 rings (SSSR count). The normalized spacial score (nSPS) is 23.9. The molecule has 0 aromatic heterocycles. The van der Waals surface area contributed by atoms with E-state index in [4.69, 9.17) is 4.74 Å². The second-order valence-electron chi connectivity index (χ2n) is 5.57. The average molecular weight is 246 g/mol. The number of ether oxygens (including phenoxy) is 1. The van der Waals surface area contributed by atoms with Gasteiger partial charge in [-0.05, 0) is 51.2 Å². The van der Waals surface area contributed by atoms with Gasteiger partial charge in [-0.3, -0.25) is 4.79 Å². The molecule has 1 saturated heterocycles. The highest BCUT2D eigenvalue weighted by molar-refractivity contribution is 5.89. The van der Waals surface area contributed by atoms with Gasteiger partial charge in [0.1, 0.15) is 5.60 Å². The lowest BCUT2D eigenvalue weighted by atomic mass is 9.87. The molecule has 0 aliphatic carbocycles. The Morgan fingerprint density at radius 2 is 2.11 bits per heavy atom. The Morgan fingerprint density at radius 3 is 2.78 bits per heavy atom. The van der Waals surface area contributed by atoms with E-state index in [0.29, 0.717) is 6.42 Å². The van der Waals surface area contributed by atoms with E-state index in [1.807, 2.05) is 6.92 Å². The number of carbonyl (C=O) groups excluding carboxylic acids is 1. The SMILES string of the molecule is Cc1ccc(C)c(CC(=O)C2(C)CCCCO2)c1. The molecular weight excluding hydrogens is 224 g/mol. The molecule has 1 aliphatic heterocycles. The first kappa shape index (κ1) is 13.3. The molecule has 0 N–H and O–H groups in total. The summed E-state index contributed by atoms with van der Waals surface area (Å²) >= 11 is 0. The van der Waals surface area contributed by atoms with E-state index in [9.17, 15) is 4.79 Å². The monoisotopic (exact) mass is 246 g/mol. The zero-order valence-electron chi connectivity index (χ0n) is 11.6. The number of rotatable bonds is 3. The molecule has 1 atom stereocenters. The van der Waals surface area contributed by atoms with E-state index < -0.39 is 5.60 Å². The van der Waals surface area contributed by atoms with Crippen LogP contribution in [0.1, 0.15) is 42.9 Å². The summed E-state index contributed by atoms with van der Waals surface area (Å²) in [5.41, 5.74) is 2.97. The molecule has 1 fully saturated rings. The van der Waals surface area contributed by atoms with E-state index in [2.05, 4.69) is 32.0 Å². The van der Waals surface area contributed by atoms with Crippen molar-refractivity contribution in [2.24, 2.45) is 0 Å². The van der Waals surface area contributed by atoms with Crippen LogP contribution >= 0.6 is 0 Å². The fraction of sp³-hybridized carbons (Fsp3) is 0.562. The van der Waals surface area contributed by atoms with Crippen LogP contribution in [0.15, 0.2) is 18.2 Å². The summed E-state index contributed by atoms with van der Waals surface area (Å²) in [4.78, 5) is 12.4. The van der Waals surface area contributed by atoms with E-state index in [1.165, 1.54) is 11.1 Å². The Bertz CT molecular complexity index is 442. The van der Waals surface area contributed by atoms with Crippen molar-refractivity contribution >= 4 is 5.78 Å². The summed E-state index contributed by atoms with van der Waals surface area (Å²) in [6, 6.07) is 6.28. The molecule has 1 aliphatic rings. The van der Waals surface area contributed by atoms with Gasteiger partial charge in [0.05, 0.1) is 0 Å². The first-order valence-electron chi connectivity index (χ1n) is 6.75. The molecule has 18 heavy (non-hydrogen) atoms. The fourth-order valence-corrected chi connectivity index (χ4v) is 2.50. The van der Waals surface area contributed by atoms with E-state index >= 15 is 0 Å². The lowest BCUT2D eigenvalue weighted by Gasteiger charge is -2.32. The van der Waals surface area contributed by atoms with Crippen LogP contribution in [0, 0.1) is 13.8 Å². The summed E-state index contributed by atoms with van der Waals surface area (Å²) in [5.74, 6) is 0.218. The summed E-state index contributed by atoms with van der Waals surface area (Å²) in [7, 11) is 0. The van der Waals surface area contributed by atoms with Crippen molar-refractivity contribution in [3.05, 3.63) is 34.9 Å². The first-order chi connectivity index (χ1) is 8.51. The van der Waals surface area contributed by atoms with Crippen molar-refractivity contribution in [3.8, 4) is 0 Å². The van der Waals surface area contributed by atoms with Crippen molar-refractivity contribution in [2.45, 2.75) is 52.1 Å². The van der Waals surface area contributed by atoms with Gasteiger partial charge in [-0.2, -0.15) is 0 Å². The van der Waals surface area contributed by atoms with Gasteiger partial charge in [0.2, 0.25) is 0 Å². The third-order valence-corrected chi connectivity index (χ3v) is 3.91. The molecule has 1 heterocycles. The van der Waals surface area contributed by atoms with E-state index in [1.54, 1.807) is 0 Å². The summed E-state index contributed by atoms with van der Waals surface area (Å²) < 4.78 is 5.72. The summed E-state index contributed by atoms with van der Waals surface area (Å²) in [5, 5.41) is 0. The van der Waals surface area contributed by atoms with E-state index in [0.717, 1.165) is 31.4 Å². The Balaban J connectivity index is 2.13. The molecule has 98 valence electrons. The summed E-state index contributed by atoms with van der Waals surface area (Å²) in [6.07, 6.45) is 3.52. The second kappa shape index (κ2) is 5.23. The quantitative estimate of drug-likeness (QED) is 0.817. The fourth-order valence-electron chi connectivity index (χ4n) is 2.50. The minimum atomic E-state index is -0.561. The lowest BCUT2D eigenvalue weighted by Crippen LogP contribution is -2.42. The predicted octanol–water partition coefficient (Wildman–Crippen LogP) is 3.37. The van der Waals surface area contributed by atoms with Crippen LogP contribution < -0.4 is 0 Å². The molecule has 1 aromatic carbocycles. The van der Waals surface area contributed by atoms with Crippen molar-refractivity contribution < 1.29 is 9.53 Å². The highest BCUT2D eigenvalue weighted by Gasteiger charge is 2.35. The second-order valence-corrected chi connectivity index (χ2v) is 5.57. The third kappa shape index (κ3) is 2.81. The first-order valence-corrected chi connectivity index (χ1v) is 6.75. The van der Waals surface area contributed by atoms with Crippen LogP contribution in [0.4, 0.5) is 0 Å². The van der Waals surface area contributed by atoms with Crippen LogP contribution in [0.5, 0.6) is 0 Å². The number of aryl methyl sites for hydroxylation is 2. The number of hydrogen-bond acceptors (Lipinski definition) is 2. The van der Waals surface area contributed by atoms with Crippen LogP contribution in [0.3, 0.4) is 0 Å². The smallest absolute Gasteiger partial charge is 0.168 e. The molecule has 0 spiro atoms.